The molecule has 0 atom stereocenters. The Hall–Kier alpha value is -10.5. The molecule has 7 nitrogen and oxygen atoms in total. The van der Waals surface area contributed by atoms with E-state index in [0.29, 0.717) is 5.84 Å². The lowest BCUT2D eigenvalue weighted by Crippen LogP contribution is -2.43. The molecule has 0 aliphatic heterocycles. The van der Waals surface area contributed by atoms with Crippen LogP contribution in [0.3, 0.4) is 0 Å². The molecule has 4 aromatic heterocycles. The van der Waals surface area contributed by atoms with Crippen molar-refractivity contribution in [1.82, 2.24) is 18.3 Å². The van der Waals surface area contributed by atoms with Crippen LogP contribution < -0.4 is 5.32 Å². The molecule has 394 valence electrons. The van der Waals surface area contributed by atoms with Crippen molar-refractivity contribution in [2.45, 2.75) is 38.3 Å². The van der Waals surface area contributed by atoms with Crippen molar-refractivity contribution in [3.05, 3.63) is 293 Å². The summed E-state index contributed by atoms with van der Waals surface area (Å²) in [6.45, 7) is 2.26. The van der Waals surface area contributed by atoms with Crippen LogP contribution in [-0.4, -0.2) is 29.9 Å². The first kappa shape index (κ1) is 47.3. The highest BCUT2D eigenvalue weighted by molar-refractivity contribution is 6.21. The highest BCUT2D eigenvalue weighted by Gasteiger charge is 2.52. The van der Waals surface area contributed by atoms with Gasteiger partial charge in [-0.3, -0.25) is 5.41 Å². The Bertz CT molecular complexity index is 4900. The summed E-state index contributed by atoms with van der Waals surface area (Å²) in [5.74, 6) is 0.776. The molecule has 0 saturated carbocycles. The lowest BCUT2D eigenvalue weighted by atomic mass is 9.92. The number of aromatic nitrogens is 4. The second-order valence-corrected chi connectivity index (χ2v) is 22.5. The van der Waals surface area contributed by atoms with E-state index in [0.717, 1.165) is 65.0 Å². The van der Waals surface area contributed by atoms with Crippen molar-refractivity contribution in [1.29, 1.82) is 5.41 Å². The molecule has 0 fully saturated rings. The molecule has 3 aliphatic rings. The van der Waals surface area contributed by atoms with E-state index in [-0.39, 0.29) is 5.84 Å². The Morgan fingerprint density at radius 3 is 1.45 bits per heavy atom. The van der Waals surface area contributed by atoms with E-state index in [1.54, 1.807) is 0 Å². The van der Waals surface area contributed by atoms with Crippen LogP contribution in [0.1, 0.15) is 63.2 Å². The molecule has 10 aromatic carbocycles. The maximum atomic E-state index is 9.41. The van der Waals surface area contributed by atoms with Crippen LogP contribution in [0, 0.1) is 12.3 Å². The molecular formula is C76H55N7. The van der Waals surface area contributed by atoms with E-state index in [9.17, 15) is 5.41 Å². The summed E-state index contributed by atoms with van der Waals surface area (Å²) >= 11 is 0. The quantitative estimate of drug-likeness (QED) is 0.121. The summed E-state index contributed by atoms with van der Waals surface area (Å²) in [7, 11) is 0. The minimum absolute atomic E-state index is 0.181. The number of fused-ring (bicyclic) bond motifs is 17. The maximum absolute atomic E-state index is 9.41. The molecule has 14 aromatic rings. The van der Waals surface area contributed by atoms with Crippen molar-refractivity contribution >= 4 is 94.9 Å². The highest BCUT2D eigenvalue weighted by Crippen LogP contribution is 2.58. The van der Waals surface area contributed by atoms with E-state index in [1.165, 1.54) is 105 Å². The molecule has 0 unspecified atom stereocenters. The summed E-state index contributed by atoms with van der Waals surface area (Å²) in [6, 6.07) is 83.8. The number of nitrogens with zero attached hydrogens (tertiary/aromatic N) is 5. The second-order valence-electron chi connectivity index (χ2n) is 22.5. The molecule has 17 rings (SSSR count). The molecule has 0 saturated heterocycles. The molecule has 7 heteroatoms. The highest BCUT2D eigenvalue weighted by atomic mass is 15.3. The topological polar surface area (TPSA) is 68.0 Å². The zero-order valence-electron chi connectivity index (χ0n) is 45.8. The zero-order valence-corrected chi connectivity index (χ0v) is 45.8. The average molecular weight is 1070 g/mol. The van der Waals surface area contributed by atoms with Gasteiger partial charge in [0.25, 0.3) is 0 Å². The van der Waals surface area contributed by atoms with Gasteiger partial charge in [-0.05, 0) is 116 Å². The van der Waals surface area contributed by atoms with Crippen molar-refractivity contribution in [3.8, 4) is 22.5 Å². The van der Waals surface area contributed by atoms with Crippen LogP contribution in [0.15, 0.2) is 248 Å². The van der Waals surface area contributed by atoms with Gasteiger partial charge in [0.15, 0.2) is 11.5 Å². The third-order valence-electron chi connectivity index (χ3n) is 18.0. The van der Waals surface area contributed by atoms with Crippen molar-refractivity contribution in [2.75, 3.05) is 5.32 Å². The molecular weight excluding hydrogens is 1010 g/mol. The van der Waals surface area contributed by atoms with Gasteiger partial charge in [-0.2, -0.15) is 0 Å². The predicted molar refractivity (Wildman–Crippen MR) is 345 cm³/mol. The van der Waals surface area contributed by atoms with Gasteiger partial charge in [0, 0.05) is 83.0 Å². The van der Waals surface area contributed by atoms with Gasteiger partial charge in [0.05, 0.1) is 33.1 Å². The number of rotatable bonds is 7. The molecule has 2 N–H and O–H groups in total. The smallest absolute Gasteiger partial charge is 0.176 e. The molecule has 0 amide bonds. The Balaban J connectivity index is 1.10. The Morgan fingerprint density at radius 1 is 0.446 bits per heavy atom. The monoisotopic (exact) mass is 1070 g/mol. The second kappa shape index (κ2) is 18.3. The van der Waals surface area contributed by atoms with Crippen LogP contribution in [0.25, 0.3) is 100 Å². The largest absolute Gasteiger partial charge is 0.340 e. The zero-order chi connectivity index (χ0) is 54.9. The first-order valence-corrected chi connectivity index (χ1v) is 29.0. The van der Waals surface area contributed by atoms with Gasteiger partial charge in [0.1, 0.15) is 5.84 Å². The van der Waals surface area contributed by atoms with E-state index >= 15 is 0 Å². The third-order valence-corrected chi connectivity index (χ3v) is 18.0. The number of benzene rings is 10. The summed E-state index contributed by atoms with van der Waals surface area (Å²) in [4.78, 5) is 5.13. The molecule has 0 radical (unpaired) electrons. The summed E-state index contributed by atoms with van der Waals surface area (Å²) in [5, 5.41) is 20.7. The SMILES string of the molecule is Cc1ccc2c(c1)C(n1c3c(c4ccc5c6ccccc6n(-c6ccccc6)c5c41)CCC=C3)(n1c3c(c4ccc5c6ccccc6n(-c6ccccc6)c5c41)CCC=C3)c1cc(NC(=NC(=N)c3ccccc3)c3ccccc3)ccc1-2. The van der Waals surface area contributed by atoms with Crippen LogP contribution in [0.2, 0.25) is 0 Å². The Kier molecular flexibility index (Phi) is 10.4. The first-order valence-electron chi connectivity index (χ1n) is 29.0. The van der Waals surface area contributed by atoms with Crippen LogP contribution >= 0.6 is 0 Å². The summed E-state index contributed by atoms with van der Waals surface area (Å²) < 4.78 is 10.7. The van der Waals surface area contributed by atoms with Crippen molar-refractivity contribution in [2.24, 2.45) is 4.99 Å². The maximum Gasteiger partial charge on any atom is 0.176 e. The number of hydrogen-bond acceptors (Lipinski definition) is 1. The number of hydrogen-bond donors (Lipinski definition) is 2. The standard InChI is InChI=1S/C76H55N7/c1-48-38-40-54-55-41-39-51(78-75(50-24-8-3-9-25-50)79-74(77)49-22-6-2-7-23-49)47-65(55)76(64(54)46-48,82-68-36-20-16-32-58(68)62-44-42-60-56-30-14-18-34-66(56)80(70(60)72(62)82)52-26-10-4-11-27-52)83-69-37-21-17-33-59(69)63-45-43-61-57-31-15-19-35-67(57)81(71(61)73(63)83)53-28-12-5-13-29-53/h2-15,18-31,34-47H,16-17,32-33H2,1H3,(H2,77,78,79). The summed E-state index contributed by atoms with van der Waals surface area (Å²) in [6.07, 6.45) is 13.4. The van der Waals surface area contributed by atoms with Crippen molar-refractivity contribution < 1.29 is 0 Å². The van der Waals surface area contributed by atoms with Gasteiger partial charge >= 0.3 is 0 Å². The first-order chi connectivity index (χ1) is 41.0. The number of aryl methyl sites for hydroxylation is 3. The van der Waals surface area contributed by atoms with Gasteiger partial charge in [-0.25, -0.2) is 4.99 Å². The minimum atomic E-state index is -1.10. The average Bonchev–Trinajstić information content (AvgIpc) is 1.63. The van der Waals surface area contributed by atoms with Crippen molar-refractivity contribution in [3.63, 3.8) is 0 Å². The lowest BCUT2D eigenvalue weighted by molar-refractivity contribution is 0.388. The normalized spacial score (nSPS) is 14.3. The molecule has 0 bridgehead atoms. The van der Waals surface area contributed by atoms with Crippen LogP contribution in [-0.2, 0) is 18.5 Å². The minimum Gasteiger partial charge on any atom is -0.340 e. The molecule has 4 heterocycles. The third kappa shape index (κ3) is 6.79. The van der Waals surface area contributed by atoms with Crippen LogP contribution in [0.4, 0.5) is 5.69 Å². The molecule has 0 spiro atoms. The number of allylic oxidation sites excluding steroid dienone is 2. The van der Waals surface area contributed by atoms with E-state index in [1.807, 2.05) is 48.5 Å². The van der Waals surface area contributed by atoms with Gasteiger partial charge in [0.2, 0.25) is 0 Å². The summed E-state index contributed by atoms with van der Waals surface area (Å²) in [5.41, 5.74) is 21.7. The number of nitrogens with one attached hydrogen (secondary N) is 2. The fourth-order valence-corrected chi connectivity index (χ4v) is 14.6. The lowest BCUT2D eigenvalue weighted by Gasteiger charge is -2.40. The number of aliphatic imine (C=N–C) groups is 1. The predicted octanol–water partition coefficient (Wildman–Crippen LogP) is 18.2. The van der Waals surface area contributed by atoms with Crippen LogP contribution in [0.5, 0.6) is 0 Å². The Labute approximate surface area is 480 Å². The fourth-order valence-electron chi connectivity index (χ4n) is 14.6. The van der Waals surface area contributed by atoms with E-state index in [2.05, 4.69) is 237 Å². The number of para-hydroxylation sites is 4. The number of amidine groups is 2. The van der Waals surface area contributed by atoms with Gasteiger partial charge < -0.3 is 23.6 Å². The van der Waals surface area contributed by atoms with Gasteiger partial charge in [-0.1, -0.05) is 200 Å². The van der Waals surface area contributed by atoms with Gasteiger partial charge in [-0.15, -0.1) is 0 Å². The Morgan fingerprint density at radius 2 is 0.904 bits per heavy atom. The molecule has 83 heavy (non-hydrogen) atoms. The fraction of sp³-hybridized carbons (Fsp3) is 0.0789. The molecule has 3 aliphatic carbocycles. The number of anilines is 1. The van der Waals surface area contributed by atoms with E-state index < -0.39 is 5.66 Å². The van der Waals surface area contributed by atoms with E-state index in [4.69, 9.17) is 4.99 Å².